The summed E-state index contributed by atoms with van der Waals surface area (Å²) in [5, 5.41) is 0. The summed E-state index contributed by atoms with van der Waals surface area (Å²) in [4.78, 5) is 10.7. The van der Waals surface area contributed by atoms with Crippen molar-refractivity contribution >= 4 is 5.97 Å². The lowest BCUT2D eigenvalue weighted by Crippen LogP contribution is -2.15. The number of hydrogen-bond donors (Lipinski definition) is 0. The molecule has 4 nitrogen and oxygen atoms in total. The Morgan fingerprint density at radius 3 is 2.71 bits per heavy atom. The van der Waals surface area contributed by atoms with Gasteiger partial charge in [-0.3, -0.25) is 4.79 Å². The lowest BCUT2D eigenvalue weighted by molar-refractivity contribution is -0.131. The number of rotatable bonds is 1. The third kappa shape index (κ3) is 1.79. The minimum atomic E-state index is -0.346. The van der Waals surface area contributed by atoms with Crippen LogP contribution in [-0.4, -0.2) is 19.2 Å². The first kappa shape index (κ1) is 8.87. The van der Waals surface area contributed by atoms with E-state index in [4.69, 9.17) is 14.2 Å². The average Bonchev–Trinajstić information content (AvgIpc) is 2.17. The molecule has 0 unspecified atom stereocenters. The highest BCUT2D eigenvalue weighted by molar-refractivity contribution is 5.69. The standard InChI is InChI=1S/C10H10O4/c1-7(11)14-8-2-3-9-10(6-8)13-5-4-12-9/h2-3,6H,4-5H2,1H3. The van der Waals surface area contributed by atoms with E-state index in [0.29, 0.717) is 30.5 Å². The number of fused-ring (bicyclic) bond motifs is 1. The highest BCUT2D eigenvalue weighted by Gasteiger charge is 2.12. The van der Waals surface area contributed by atoms with Crippen molar-refractivity contribution in [1.82, 2.24) is 0 Å². The molecule has 1 heterocycles. The van der Waals surface area contributed by atoms with Gasteiger partial charge in [-0.15, -0.1) is 0 Å². The van der Waals surface area contributed by atoms with Crippen molar-refractivity contribution in [2.75, 3.05) is 13.2 Å². The van der Waals surface area contributed by atoms with Gasteiger partial charge in [0.15, 0.2) is 11.5 Å². The van der Waals surface area contributed by atoms with E-state index in [2.05, 4.69) is 0 Å². The molecule has 0 saturated heterocycles. The van der Waals surface area contributed by atoms with Crippen LogP contribution in [0.5, 0.6) is 17.2 Å². The fourth-order valence-electron chi connectivity index (χ4n) is 1.25. The second-order valence-corrected chi connectivity index (χ2v) is 2.90. The third-order valence-corrected chi connectivity index (χ3v) is 1.78. The maximum Gasteiger partial charge on any atom is 0.308 e. The summed E-state index contributed by atoms with van der Waals surface area (Å²) in [7, 11) is 0. The van der Waals surface area contributed by atoms with Crippen molar-refractivity contribution in [3.8, 4) is 17.2 Å². The minimum absolute atomic E-state index is 0.346. The molecule has 74 valence electrons. The summed E-state index contributed by atoms with van der Waals surface area (Å²) in [5.74, 6) is 1.44. The molecule has 14 heavy (non-hydrogen) atoms. The molecule has 0 radical (unpaired) electrons. The van der Waals surface area contributed by atoms with E-state index in [9.17, 15) is 4.79 Å². The molecule has 0 amide bonds. The van der Waals surface area contributed by atoms with Gasteiger partial charge in [0.25, 0.3) is 0 Å². The van der Waals surface area contributed by atoms with E-state index in [0.717, 1.165) is 0 Å². The molecule has 0 N–H and O–H groups in total. The molecule has 1 aliphatic rings. The van der Waals surface area contributed by atoms with Crippen molar-refractivity contribution in [1.29, 1.82) is 0 Å². The van der Waals surface area contributed by atoms with Crippen molar-refractivity contribution in [2.24, 2.45) is 0 Å². The highest BCUT2D eigenvalue weighted by Crippen LogP contribution is 2.33. The Morgan fingerprint density at radius 2 is 2.00 bits per heavy atom. The van der Waals surface area contributed by atoms with E-state index in [-0.39, 0.29) is 5.97 Å². The van der Waals surface area contributed by atoms with Gasteiger partial charge in [-0.1, -0.05) is 0 Å². The molecular weight excluding hydrogens is 184 g/mol. The van der Waals surface area contributed by atoms with Gasteiger partial charge in [0, 0.05) is 13.0 Å². The normalized spacial score (nSPS) is 13.5. The molecule has 0 bridgehead atoms. The Hall–Kier alpha value is -1.71. The molecule has 0 saturated carbocycles. The number of carbonyl (C=O) groups is 1. The van der Waals surface area contributed by atoms with E-state index < -0.39 is 0 Å². The molecule has 0 aromatic heterocycles. The molecule has 1 aromatic rings. The Morgan fingerprint density at radius 1 is 1.29 bits per heavy atom. The maximum absolute atomic E-state index is 10.7. The van der Waals surface area contributed by atoms with Crippen molar-refractivity contribution in [3.63, 3.8) is 0 Å². The fraction of sp³-hybridized carbons (Fsp3) is 0.300. The first-order chi connectivity index (χ1) is 6.75. The number of benzene rings is 1. The second kappa shape index (κ2) is 3.57. The summed E-state index contributed by atoms with van der Waals surface area (Å²) in [6, 6.07) is 5.05. The molecule has 0 spiro atoms. The van der Waals surface area contributed by atoms with E-state index in [1.807, 2.05) is 0 Å². The van der Waals surface area contributed by atoms with Gasteiger partial charge < -0.3 is 14.2 Å². The molecule has 1 aromatic carbocycles. The minimum Gasteiger partial charge on any atom is -0.486 e. The number of esters is 1. The maximum atomic E-state index is 10.7. The Labute approximate surface area is 81.4 Å². The van der Waals surface area contributed by atoms with Gasteiger partial charge in [-0.25, -0.2) is 0 Å². The van der Waals surface area contributed by atoms with Crippen LogP contribution in [0.4, 0.5) is 0 Å². The molecule has 4 heteroatoms. The van der Waals surface area contributed by atoms with Gasteiger partial charge in [-0.05, 0) is 12.1 Å². The quantitative estimate of drug-likeness (QED) is 0.500. The molecular formula is C10H10O4. The van der Waals surface area contributed by atoms with Crippen molar-refractivity contribution in [2.45, 2.75) is 6.92 Å². The van der Waals surface area contributed by atoms with E-state index >= 15 is 0 Å². The number of hydrogen-bond acceptors (Lipinski definition) is 4. The first-order valence-corrected chi connectivity index (χ1v) is 4.34. The zero-order chi connectivity index (χ0) is 9.97. The molecule has 2 rings (SSSR count). The Bertz CT molecular complexity index is 359. The lowest BCUT2D eigenvalue weighted by Gasteiger charge is -2.18. The monoisotopic (exact) mass is 194 g/mol. The molecule has 0 atom stereocenters. The molecule has 1 aliphatic heterocycles. The van der Waals surface area contributed by atoms with Gasteiger partial charge in [0.05, 0.1) is 0 Å². The SMILES string of the molecule is CC(=O)Oc1ccc2c(c1)OCCO2. The number of ether oxygens (including phenoxy) is 3. The van der Waals surface area contributed by atoms with Crippen molar-refractivity contribution < 1.29 is 19.0 Å². The third-order valence-electron chi connectivity index (χ3n) is 1.78. The Kier molecular flexibility index (Phi) is 2.26. The predicted molar refractivity (Wildman–Crippen MR) is 48.7 cm³/mol. The zero-order valence-electron chi connectivity index (χ0n) is 7.78. The highest BCUT2D eigenvalue weighted by atomic mass is 16.6. The van der Waals surface area contributed by atoms with Crippen LogP contribution in [0, 0.1) is 0 Å². The first-order valence-electron chi connectivity index (χ1n) is 4.34. The predicted octanol–water partition coefficient (Wildman–Crippen LogP) is 1.38. The van der Waals surface area contributed by atoms with Crippen molar-refractivity contribution in [3.05, 3.63) is 18.2 Å². The summed E-state index contributed by atoms with van der Waals surface area (Å²) >= 11 is 0. The Balaban J connectivity index is 2.24. The van der Waals surface area contributed by atoms with Gasteiger partial charge in [-0.2, -0.15) is 0 Å². The summed E-state index contributed by atoms with van der Waals surface area (Å²) in [6.45, 7) is 2.44. The largest absolute Gasteiger partial charge is 0.486 e. The van der Waals surface area contributed by atoms with Crippen LogP contribution >= 0.6 is 0 Å². The average molecular weight is 194 g/mol. The van der Waals surface area contributed by atoms with Crippen LogP contribution in [0.2, 0.25) is 0 Å². The fourth-order valence-corrected chi connectivity index (χ4v) is 1.25. The van der Waals surface area contributed by atoms with Crippen LogP contribution < -0.4 is 14.2 Å². The van der Waals surface area contributed by atoms with Gasteiger partial charge in [0.1, 0.15) is 19.0 Å². The molecule has 0 fully saturated rings. The van der Waals surface area contributed by atoms with Crippen LogP contribution in [-0.2, 0) is 4.79 Å². The van der Waals surface area contributed by atoms with E-state index in [1.165, 1.54) is 6.92 Å². The topological polar surface area (TPSA) is 44.8 Å². The summed E-state index contributed by atoms with van der Waals surface area (Å²) < 4.78 is 15.6. The van der Waals surface area contributed by atoms with Gasteiger partial charge in [0.2, 0.25) is 0 Å². The summed E-state index contributed by atoms with van der Waals surface area (Å²) in [5.41, 5.74) is 0. The number of carbonyl (C=O) groups excluding carboxylic acids is 1. The smallest absolute Gasteiger partial charge is 0.308 e. The van der Waals surface area contributed by atoms with Crippen LogP contribution in [0.25, 0.3) is 0 Å². The van der Waals surface area contributed by atoms with Crippen LogP contribution in [0.1, 0.15) is 6.92 Å². The van der Waals surface area contributed by atoms with E-state index in [1.54, 1.807) is 18.2 Å². The zero-order valence-corrected chi connectivity index (χ0v) is 7.78. The van der Waals surface area contributed by atoms with Gasteiger partial charge >= 0.3 is 5.97 Å². The summed E-state index contributed by atoms with van der Waals surface area (Å²) in [6.07, 6.45) is 0. The lowest BCUT2D eigenvalue weighted by atomic mass is 10.3. The van der Waals surface area contributed by atoms with Crippen LogP contribution in [0.15, 0.2) is 18.2 Å². The van der Waals surface area contributed by atoms with Crippen LogP contribution in [0.3, 0.4) is 0 Å². The molecule has 0 aliphatic carbocycles. The second-order valence-electron chi connectivity index (χ2n) is 2.90.